The molecule has 158 valence electrons. The molecule has 3 amide bonds. The van der Waals surface area contributed by atoms with Gasteiger partial charge in [0.05, 0.1) is 18.8 Å². The minimum atomic E-state index is -0.452. The SMILES string of the molecule is CCCCNC(=O)N1Cc2c(NC(=O)c3ccc(F)cc3)nn(C(=O)C3CC3)c2C1. The molecule has 2 N–H and O–H groups in total. The standard InChI is InChI=1S/C21H24FN5O3/c1-2-3-10-23-21(30)26-11-16-17(12-26)27(20(29)14-4-5-14)25-18(16)24-19(28)13-6-8-15(22)9-7-13/h6-9,14H,2-5,10-12H2,1H3,(H,23,30)(H,24,25,28). The number of hydrogen-bond acceptors (Lipinski definition) is 4. The molecule has 30 heavy (non-hydrogen) atoms. The third-order valence-electron chi connectivity index (χ3n) is 5.35. The summed E-state index contributed by atoms with van der Waals surface area (Å²) in [6.45, 7) is 3.14. The first-order valence-electron chi connectivity index (χ1n) is 10.2. The van der Waals surface area contributed by atoms with Gasteiger partial charge in [-0.25, -0.2) is 13.9 Å². The molecule has 2 heterocycles. The van der Waals surface area contributed by atoms with Crippen LogP contribution in [-0.4, -0.2) is 39.1 Å². The molecule has 1 fully saturated rings. The van der Waals surface area contributed by atoms with Crippen LogP contribution in [0.5, 0.6) is 0 Å². The van der Waals surface area contributed by atoms with Crippen LogP contribution in [0.4, 0.5) is 15.0 Å². The molecule has 8 nitrogen and oxygen atoms in total. The lowest BCUT2D eigenvalue weighted by Gasteiger charge is -2.17. The molecular weight excluding hydrogens is 389 g/mol. The number of nitrogens with one attached hydrogen (secondary N) is 2. The van der Waals surface area contributed by atoms with Gasteiger partial charge in [-0.2, -0.15) is 0 Å². The Balaban J connectivity index is 1.56. The predicted octanol–water partition coefficient (Wildman–Crippen LogP) is 3.15. The van der Waals surface area contributed by atoms with E-state index in [0.29, 0.717) is 17.8 Å². The number of nitrogens with zero attached hydrogens (tertiary/aromatic N) is 3. The first-order valence-corrected chi connectivity index (χ1v) is 10.2. The van der Waals surface area contributed by atoms with Crippen molar-refractivity contribution < 1.29 is 18.8 Å². The number of hydrogen-bond donors (Lipinski definition) is 2. The van der Waals surface area contributed by atoms with E-state index in [1.54, 1.807) is 4.90 Å². The Labute approximate surface area is 173 Å². The molecule has 0 spiro atoms. The molecule has 1 aromatic heterocycles. The third kappa shape index (κ3) is 4.05. The van der Waals surface area contributed by atoms with Gasteiger partial charge in [-0.05, 0) is 43.5 Å². The number of benzene rings is 1. The van der Waals surface area contributed by atoms with Gasteiger partial charge < -0.3 is 15.5 Å². The number of aromatic nitrogens is 2. The lowest BCUT2D eigenvalue weighted by Crippen LogP contribution is -2.37. The molecule has 0 radical (unpaired) electrons. The Hall–Kier alpha value is -3.23. The number of fused-ring (bicyclic) bond motifs is 1. The second kappa shape index (κ2) is 8.25. The van der Waals surface area contributed by atoms with Gasteiger partial charge in [0.1, 0.15) is 5.82 Å². The van der Waals surface area contributed by atoms with Crippen molar-refractivity contribution in [3.63, 3.8) is 0 Å². The summed E-state index contributed by atoms with van der Waals surface area (Å²) in [5, 5.41) is 9.94. The fourth-order valence-corrected chi connectivity index (χ4v) is 3.44. The highest BCUT2D eigenvalue weighted by atomic mass is 19.1. The maximum Gasteiger partial charge on any atom is 0.318 e. The lowest BCUT2D eigenvalue weighted by atomic mass is 10.2. The van der Waals surface area contributed by atoms with Crippen molar-refractivity contribution >= 4 is 23.7 Å². The second-order valence-electron chi connectivity index (χ2n) is 7.70. The van der Waals surface area contributed by atoms with Gasteiger partial charge in [-0.1, -0.05) is 13.3 Å². The number of urea groups is 1. The molecule has 0 atom stereocenters. The van der Waals surface area contributed by atoms with Crippen LogP contribution >= 0.6 is 0 Å². The maximum absolute atomic E-state index is 13.1. The van der Waals surface area contributed by atoms with Gasteiger partial charge in [0.15, 0.2) is 5.82 Å². The van der Waals surface area contributed by atoms with Crippen molar-refractivity contribution in [3.05, 3.63) is 46.9 Å². The molecule has 1 aromatic carbocycles. The van der Waals surface area contributed by atoms with Crippen molar-refractivity contribution in [2.45, 2.75) is 45.7 Å². The van der Waals surface area contributed by atoms with Crippen molar-refractivity contribution in [1.29, 1.82) is 0 Å². The number of halogens is 1. The first-order chi connectivity index (χ1) is 14.5. The molecule has 9 heteroatoms. The van der Waals surface area contributed by atoms with E-state index in [1.807, 2.05) is 6.92 Å². The first kappa shape index (κ1) is 20.1. The minimum absolute atomic E-state index is 0.0536. The van der Waals surface area contributed by atoms with Gasteiger partial charge in [0.25, 0.3) is 5.91 Å². The van der Waals surface area contributed by atoms with Gasteiger partial charge >= 0.3 is 6.03 Å². The van der Waals surface area contributed by atoms with Gasteiger partial charge in [0.2, 0.25) is 5.91 Å². The topological polar surface area (TPSA) is 96.3 Å². The van der Waals surface area contributed by atoms with E-state index in [-0.39, 0.29) is 42.3 Å². The van der Waals surface area contributed by atoms with Gasteiger partial charge in [-0.15, -0.1) is 5.10 Å². The monoisotopic (exact) mass is 413 g/mol. The van der Waals surface area contributed by atoms with Crippen molar-refractivity contribution in [1.82, 2.24) is 20.0 Å². The second-order valence-corrected chi connectivity index (χ2v) is 7.70. The molecule has 0 bridgehead atoms. The Bertz CT molecular complexity index is 981. The zero-order valence-corrected chi connectivity index (χ0v) is 16.8. The molecule has 0 saturated heterocycles. The van der Waals surface area contributed by atoms with Crippen molar-refractivity contribution in [2.24, 2.45) is 5.92 Å². The molecule has 1 aliphatic carbocycles. The van der Waals surface area contributed by atoms with E-state index in [2.05, 4.69) is 15.7 Å². The fourth-order valence-electron chi connectivity index (χ4n) is 3.44. The summed E-state index contributed by atoms with van der Waals surface area (Å²) in [7, 11) is 0. The lowest BCUT2D eigenvalue weighted by molar-refractivity contribution is 0.0863. The summed E-state index contributed by atoms with van der Waals surface area (Å²) in [6, 6.07) is 4.96. The van der Waals surface area contributed by atoms with Gasteiger partial charge in [-0.3, -0.25) is 9.59 Å². The summed E-state index contributed by atoms with van der Waals surface area (Å²) in [4.78, 5) is 39.3. The highest BCUT2D eigenvalue weighted by Gasteiger charge is 2.38. The molecule has 4 rings (SSSR count). The summed E-state index contributed by atoms with van der Waals surface area (Å²) >= 11 is 0. The summed E-state index contributed by atoms with van der Waals surface area (Å²) in [5.41, 5.74) is 1.57. The summed E-state index contributed by atoms with van der Waals surface area (Å²) in [6.07, 6.45) is 3.52. The largest absolute Gasteiger partial charge is 0.338 e. The Morgan fingerprint density at radius 3 is 2.57 bits per heavy atom. The Morgan fingerprint density at radius 1 is 1.17 bits per heavy atom. The van der Waals surface area contributed by atoms with E-state index >= 15 is 0 Å². The molecule has 0 unspecified atom stereocenters. The normalized spacial score (nSPS) is 15.1. The zero-order chi connectivity index (χ0) is 21.3. The zero-order valence-electron chi connectivity index (χ0n) is 16.8. The summed E-state index contributed by atoms with van der Waals surface area (Å²) < 4.78 is 14.5. The van der Waals surface area contributed by atoms with Crippen LogP contribution in [-0.2, 0) is 13.1 Å². The van der Waals surface area contributed by atoms with Crippen LogP contribution in [0.3, 0.4) is 0 Å². The minimum Gasteiger partial charge on any atom is -0.338 e. The average molecular weight is 413 g/mol. The number of carbonyl (C=O) groups excluding carboxylic acids is 3. The number of anilines is 1. The van der Waals surface area contributed by atoms with Crippen LogP contribution < -0.4 is 10.6 Å². The summed E-state index contributed by atoms with van der Waals surface area (Å²) in [5.74, 6) is -0.787. The molecule has 2 aromatic rings. The van der Waals surface area contributed by atoms with Crippen LogP contribution in [0, 0.1) is 11.7 Å². The maximum atomic E-state index is 13.1. The van der Waals surface area contributed by atoms with Crippen molar-refractivity contribution in [2.75, 3.05) is 11.9 Å². The van der Waals surface area contributed by atoms with Gasteiger partial charge in [0, 0.05) is 23.6 Å². The molecule has 2 aliphatic rings. The number of unbranched alkanes of at least 4 members (excludes halogenated alkanes) is 1. The molecule has 1 saturated carbocycles. The van der Waals surface area contributed by atoms with E-state index in [0.717, 1.165) is 25.7 Å². The third-order valence-corrected chi connectivity index (χ3v) is 5.35. The van der Waals surface area contributed by atoms with E-state index < -0.39 is 11.7 Å². The van der Waals surface area contributed by atoms with Crippen molar-refractivity contribution in [3.8, 4) is 0 Å². The fraction of sp³-hybridized carbons (Fsp3) is 0.429. The predicted molar refractivity (Wildman–Crippen MR) is 107 cm³/mol. The highest BCUT2D eigenvalue weighted by molar-refractivity contribution is 6.04. The smallest absolute Gasteiger partial charge is 0.318 e. The van der Waals surface area contributed by atoms with Crippen LogP contribution in [0.1, 0.15) is 59.0 Å². The van der Waals surface area contributed by atoms with Crippen LogP contribution in [0.2, 0.25) is 0 Å². The number of amides is 3. The highest BCUT2D eigenvalue weighted by Crippen LogP contribution is 2.35. The van der Waals surface area contributed by atoms with Crippen LogP contribution in [0.15, 0.2) is 24.3 Å². The quantitative estimate of drug-likeness (QED) is 0.711. The number of carbonyl (C=O) groups is 3. The van der Waals surface area contributed by atoms with E-state index in [1.165, 1.54) is 28.9 Å². The molecular formula is C21H24FN5O3. The Kier molecular flexibility index (Phi) is 5.52. The van der Waals surface area contributed by atoms with E-state index in [4.69, 9.17) is 0 Å². The average Bonchev–Trinajstić information content (AvgIpc) is 3.41. The molecule has 1 aliphatic heterocycles. The van der Waals surface area contributed by atoms with E-state index in [9.17, 15) is 18.8 Å². The Morgan fingerprint density at radius 2 is 1.90 bits per heavy atom. The van der Waals surface area contributed by atoms with Crippen LogP contribution in [0.25, 0.3) is 0 Å². The number of rotatable bonds is 6.